The molecule has 0 atom stereocenters. The van der Waals surface area contributed by atoms with Crippen LogP contribution in [0, 0.1) is 5.82 Å². The van der Waals surface area contributed by atoms with Crippen molar-refractivity contribution in [2.75, 3.05) is 5.32 Å². The molecule has 0 spiro atoms. The Kier molecular flexibility index (Phi) is 4.14. The molecule has 0 unspecified atom stereocenters. The Morgan fingerprint density at radius 3 is 2.65 bits per heavy atom. The van der Waals surface area contributed by atoms with Gasteiger partial charge in [-0.2, -0.15) is 0 Å². The number of carbonyl (C=O) groups is 2. The molecule has 1 aromatic heterocycles. The van der Waals surface area contributed by atoms with Gasteiger partial charge in [-0.05, 0) is 36.8 Å². The molecule has 2 N–H and O–H groups in total. The largest absolute Gasteiger partial charge is 0.478 e. The van der Waals surface area contributed by atoms with Crippen LogP contribution in [-0.4, -0.2) is 17.0 Å². The molecule has 0 saturated carbocycles. The lowest BCUT2D eigenvalue weighted by atomic mass is 10.1. The summed E-state index contributed by atoms with van der Waals surface area (Å²) in [7, 11) is 0. The number of aromatic carboxylic acids is 1. The van der Waals surface area contributed by atoms with Crippen LogP contribution >= 0.6 is 11.3 Å². The monoisotopic (exact) mass is 293 g/mol. The number of hydrogen-bond acceptors (Lipinski definition) is 3. The number of carboxylic acid groups (broad SMARTS) is 1. The molecule has 2 rings (SSSR count). The third-order valence-electron chi connectivity index (χ3n) is 2.69. The Morgan fingerprint density at radius 2 is 2.05 bits per heavy atom. The highest BCUT2D eigenvalue weighted by Gasteiger charge is 2.15. The van der Waals surface area contributed by atoms with Crippen molar-refractivity contribution in [1.29, 1.82) is 0 Å². The summed E-state index contributed by atoms with van der Waals surface area (Å²) in [6, 6.07) is 6.76. The molecule has 2 aromatic rings. The number of carboxylic acids is 1. The van der Waals surface area contributed by atoms with Crippen LogP contribution in [0.4, 0.5) is 10.1 Å². The van der Waals surface area contributed by atoms with Crippen LogP contribution in [0.25, 0.3) is 0 Å². The van der Waals surface area contributed by atoms with Gasteiger partial charge in [0.05, 0.1) is 16.1 Å². The summed E-state index contributed by atoms with van der Waals surface area (Å²) in [4.78, 5) is 24.6. The molecule has 6 heteroatoms. The molecule has 0 aliphatic carbocycles. The van der Waals surface area contributed by atoms with E-state index in [1.807, 2.05) is 13.0 Å². The molecule has 1 heterocycles. The topological polar surface area (TPSA) is 66.4 Å². The second kappa shape index (κ2) is 5.83. The highest BCUT2D eigenvalue weighted by Crippen LogP contribution is 2.21. The molecule has 0 fully saturated rings. The van der Waals surface area contributed by atoms with Crippen molar-refractivity contribution < 1.29 is 19.1 Å². The Bertz CT molecular complexity index is 666. The second-order valence-electron chi connectivity index (χ2n) is 4.07. The molecular formula is C14H12FNO3S. The van der Waals surface area contributed by atoms with Gasteiger partial charge in [0.1, 0.15) is 5.82 Å². The van der Waals surface area contributed by atoms with Gasteiger partial charge in [0.2, 0.25) is 0 Å². The molecule has 0 saturated heterocycles. The normalized spacial score (nSPS) is 10.3. The molecule has 4 nitrogen and oxygen atoms in total. The maximum Gasteiger partial charge on any atom is 0.337 e. The molecule has 1 aromatic carbocycles. The molecule has 1 amide bonds. The van der Waals surface area contributed by atoms with Crippen LogP contribution < -0.4 is 5.32 Å². The van der Waals surface area contributed by atoms with Gasteiger partial charge in [0.15, 0.2) is 0 Å². The van der Waals surface area contributed by atoms with Crippen molar-refractivity contribution in [3.63, 3.8) is 0 Å². The molecule has 0 aliphatic heterocycles. The van der Waals surface area contributed by atoms with Crippen LogP contribution in [-0.2, 0) is 6.42 Å². The van der Waals surface area contributed by atoms with E-state index in [9.17, 15) is 14.0 Å². The predicted molar refractivity (Wildman–Crippen MR) is 75.0 cm³/mol. The number of nitrogens with one attached hydrogen (secondary N) is 1. The minimum atomic E-state index is -1.29. The van der Waals surface area contributed by atoms with Crippen molar-refractivity contribution in [2.24, 2.45) is 0 Å². The SMILES string of the molecule is CCc1ccc(C(=O)Nc2ccc(F)cc2C(=O)O)s1. The average molecular weight is 293 g/mol. The van der Waals surface area contributed by atoms with Gasteiger partial charge >= 0.3 is 5.97 Å². The second-order valence-corrected chi connectivity index (χ2v) is 5.24. The lowest BCUT2D eigenvalue weighted by Gasteiger charge is -2.07. The Balaban J connectivity index is 2.25. The first-order valence-corrected chi connectivity index (χ1v) is 6.75. The van der Waals surface area contributed by atoms with Crippen LogP contribution in [0.5, 0.6) is 0 Å². The summed E-state index contributed by atoms with van der Waals surface area (Å²) < 4.78 is 13.0. The molecule has 0 bridgehead atoms. The number of hydrogen-bond donors (Lipinski definition) is 2. The smallest absolute Gasteiger partial charge is 0.337 e. The van der Waals surface area contributed by atoms with Gasteiger partial charge in [-0.3, -0.25) is 4.79 Å². The predicted octanol–water partition coefficient (Wildman–Crippen LogP) is 3.40. The van der Waals surface area contributed by atoms with Gasteiger partial charge in [-0.15, -0.1) is 11.3 Å². The summed E-state index contributed by atoms with van der Waals surface area (Å²) in [5.41, 5.74) is -0.194. The number of rotatable bonds is 4. The van der Waals surface area contributed by atoms with Gasteiger partial charge < -0.3 is 10.4 Å². The maximum absolute atomic E-state index is 13.0. The van der Waals surface area contributed by atoms with E-state index in [4.69, 9.17) is 5.11 Å². The molecule has 0 aliphatic rings. The highest BCUT2D eigenvalue weighted by atomic mass is 32.1. The Morgan fingerprint density at radius 1 is 1.30 bits per heavy atom. The molecule has 104 valence electrons. The minimum absolute atomic E-state index is 0.0790. The van der Waals surface area contributed by atoms with E-state index in [0.29, 0.717) is 4.88 Å². The summed E-state index contributed by atoms with van der Waals surface area (Å²) in [6.07, 6.45) is 0.828. The molecular weight excluding hydrogens is 281 g/mol. The van der Waals surface area contributed by atoms with E-state index in [1.165, 1.54) is 17.4 Å². The van der Waals surface area contributed by atoms with Crippen molar-refractivity contribution in [1.82, 2.24) is 0 Å². The van der Waals surface area contributed by atoms with E-state index in [0.717, 1.165) is 23.4 Å². The number of aryl methyl sites for hydroxylation is 1. The van der Waals surface area contributed by atoms with E-state index in [-0.39, 0.29) is 11.3 Å². The number of halogens is 1. The number of carbonyl (C=O) groups excluding carboxylic acids is 1. The fourth-order valence-electron chi connectivity index (χ4n) is 1.68. The number of benzene rings is 1. The summed E-state index contributed by atoms with van der Waals surface area (Å²) in [6.45, 7) is 1.98. The summed E-state index contributed by atoms with van der Waals surface area (Å²) in [5, 5.41) is 11.5. The Hall–Kier alpha value is -2.21. The Labute approximate surface area is 118 Å². The quantitative estimate of drug-likeness (QED) is 0.908. The van der Waals surface area contributed by atoms with Gasteiger partial charge in [0.25, 0.3) is 5.91 Å². The first kappa shape index (κ1) is 14.2. The highest BCUT2D eigenvalue weighted by molar-refractivity contribution is 7.14. The number of amides is 1. The first-order chi connectivity index (χ1) is 9.51. The van der Waals surface area contributed by atoms with E-state index >= 15 is 0 Å². The van der Waals surface area contributed by atoms with Gasteiger partial charge in [-0.25, -0.2) is 9.18 Å². The first-order valence-electron chi connectivity index (χ1n) is 5.94. The van der Waals surface area contributed by atoms with Crippen molar-refractivity contribution >= 4 is 28.9 Å². The fraction of sp³-hybridized carbons (Fsp3) is 0.143. The van der Waals surface area contributed by atoms with E-state index < -0.39 is 17.7 Å². The summed E-state index contributed by atoms with van der Waals surface area (Å²) in [5.74, 6) is -2.35. The van der Waals surface area contributed by atoms with Crippen LogP contribution in [0.3, 0.4) is 0 Å². The van der Waals surface area contributed by atoms with Gasteiger partial charge in [0, 0.05) is 4.88 Å². The lowest BCUT2D eigenvalue weighted by Crippen LogP contribution is -2.13. The van der Waals surface area contributed by atoms with Gasteiger partial charge in [-0.1, -0.05) is 6.92 Å². The van der Waals surface area contributed by atoms with Crippen molar-refractivity contribution in [3.8, 4) is 0 Å². The third kappa shape index (κ3) is 3.03. The summed E-state index contributed by atoms with van der Waals surface area (Å²) >= 11 is 1.34. The van der Waals surface area contributed by atoms with E-state index in [2.05, 4.69) is 5.32 Å². The maximum atomic E-state index is 13.0. The average Bonchev–Trinajstić information content (AvgIpc) is 2.89. The lowest BCUT2D eigenvalue weighted by molar-refractivity contribution is 0.0697. The zero-order chi connectivity index (χ0) is 14.7. The third-order valence-corrected chi connectivity index (χ3v) is 3.92. The fourth-order valence-corrected chi connectivity index (χ4v) is 2.52. The van der Waals surface area contributed by atoms with Crippen molar-refractivity contribution in [3.05, 3.63) is 51.5 Å². The minimum Gasteiger partial charge on any atom is -0.478 e. The van der Waals surface area contributed by atoms with Crippen LogP contribution in [0.2, 0.25) is 0 Å². The van der Waals surface area contributed by atoms with Crippen molar-refractivity contribution in [2.45, 2.75) is 13.3 Å². The van der Waals surface area contributed by atoms with E-state index in [1.54, 1.807) is 6.07 Å². The zero-order valence-corrected chi connectivity index (χ0v) is 11.5. The zero-order valence-electron chi connectivity index (χ0n) is 10.6. The standard InChI is InChI=1S/C14H12FNO3S/c1-2-9-4-6-12(20-9)13(17)16-11-5-3-8(15)7-10(11)14(18)19/h3-7H,2H2,1H3,(H,16,17)(H,18,19). The molecule has 0 radical (unpaired) electrons. The van der Waals surface area contributed by atoms with Crippen LogP contribution in [0.15, 0.2) is 30.3 Å². The molecule has 20 heavy (non-hydrogen) atoms. The number of anilines is 1. The number of thiophene rings is 1. The van der Waals surface area contributed by atoms with Crippen LogP contribution in [0.1, 0.15) is 31.8 Å².